The van der Waals surface area contributed by atoms with E-state index in [9.17, 15) is 4.79 Å². The van der Waals surface area contributed by atoms with Gasteiger partial charge in [-0.1, -0.05) is 6.92 Å². The minimum atomic E-state index is 0. The van der Waals surface area contributed by atoms with Crippen LogP contribution in [0.2, 0.25) is 0 Å². The number of hydrogen-bond donors (Lipinski definition) is 1. The second-order valence-corrected chi connectivity index (χ2v) is 5.99. The molecule has 3 nitrogen and oxygen atoms in total. The summed E-state index contributed by atoms with van der Waals surface area (Å²) in [6, 6.07) is 2.09. The van der Waals surface area contributed by atoms with Crippen molar-refractivity contribution in [1.82, 2.24) is 4.90 Å². The van der Waals surface area contributed by atoms with Crippen LogP contribution in [0.1, 0.15) is 25.3 Å². The first-order chi connectivity index (χ1) is 8.13. The lowest BCUT2D eigenvalue weighted by Crippen LogP contribution is -2.34. The van der Waals surface area contributed by atoms with Crippen LogP contribution in [-0.2, 0) is 11.2 Å². The van der Waals surface area contributed by atoms with Gasteiger partial charge < -0.3 is 10.6 Å². The Bertz CT molecular complexity index is 382. The molecule has 2 heterocycles. The first-order valence-electron chi connectivity index (χ1n) is 6.12. The Labute approximate surface area is 119 Å². The fourth-order valence-electron chi connectivity index (χ4n) is 2.25. The van der Waals surface area contributed by atoms with Crippen LogP contribution in [0.5, 0.6) is 0 Å². The van der Waals surface area contributed by atoms with Gasteiger partial charge >= 0.3 is 0 Å². The third-order valence-corrected chi connectivity index (χ3v) is 4.34. The van der Waals surface area contributed by atoms with Gasteiger partial charge in [-0.05, 0) is 47.2 Å². The van der Waals surface area contributed by atoms with Gasteiger partial charge in [-0.3, -0.25) is 4.79 Å². The van der Waals surface area contributed by atoms with E-state index in [1.165, 1.54) is 5.56 Å². The number of amides is 1. The zero-order valence-corrected chi connectivity index (χ0v) is 12.4. The van der Waals surface area contributed by atoms with Crippen LogP contribution in [-0.4, -0.2) is 30.4 Å². The first kappa shape index (κ1) is 15.5. The molecule has 2 rings (SSSR count). The maximum Gasteiger partial charge on any atom is 0.222 e. The molecule has 0 bridgehead atoms. The summed E-state index contributed by atoms with van der Waals surface area (Å²) in [4.78, 5) is 14.0. The van der Waals surface area contributed by atoms with Gasteiger partial charge in [0.05, 0.1) is 0 Å². The SMILES string of the molecule is CC1(CN)CCN(C(=O)CCc2ccsc2)C1.Cl. The second kappa shape index (κ2) is 6.55. The standard InChI is InChI=1S/C13H20N2OS.ClH/c1-13(9-14)5-6-15(10-13)12(16)3-2-11-4-7-17-8-11;/h4,7-8H,2-3,5-6,9-10,14H2,1H3;1H. The van der Waals surface area contributed by atoms with Crippen molar-refractivity contribution in [2.24, 2.45) is 11.1 Å². The zero-order valence-electron chi connectivity index (χ0n) is 10.7. The zero-order chi connectivity index (χ0) is 12.3. The second-order valence-electron chi connectivity index (χ2n) is 5.21. The topological polar surface area (TPSA) is 46.3 Å². The number of hydrogen-bond acceptors (Lipinski definition) is 3. The quantitative estimate of drug-likeness (QED) is 0.924. The molecule has 5 heteroatoms. The number of carbonyl (C=O) groups is 1. The Morgan fingerprint density at radius 3 is 2.94 bits per heavy atom. The van der Waals surface area contributed by atoms with Crippen LogP contribution in [0, 0.1) is 5.41 Å². The van der Waals surface area contributed by atoms with Crippen molar-refractivity contribution in [3.8, 4) is 0 Å². The number of nitrogens with two attached hydrogens (primary N) is 1. The Balaban J connectivity index is 0.00000162. The highest BCUT2D eigenvalue weighted by Gasteiger charge is 2.34. The van der Waals surface area contributed by atoms with Crippen molar-refractivity contribution in [2.45, 2.75) is 26.2 Å². The highest BCUT2D eigenvalue weighted by molar-refractivity contribution is 7.07. The van der Waals surface area contributed by atoms with Crippen LogP contribution >= 0.6 is 23.7 Å². The molecule has 1 aromatic rings. The van der Waals surface area contributed by atoms with E-state index < -0.39 is 0 Å². The summed E-state index contributed by atoms with van der Waals surface area (Å²) >= 11 is 1.69. The molecule has 1 saturated heterocycles. The van der Waals surface area contributed by atoms with E-state index in [1.54, 1.807) is 11.3 Å². The molecule has 0 aromatic carbocycles. The highest BCUT2D eigenvalue weighted by Crippen LogP contribution is 2.28. The lowest BCUT2D eigenvalue weighted by atomic mass is 9.90. The lowest BCUT2D eigenvalue weighted by Gasteiger charge is -2.22. The molecule has 0 radical (unpaired) electrons. The molecule has 2 N–H and O–H groups in total. The molecule has 1 atom stereocenters. The minimum absolute atomic E-state index is 0. The molecule has 1 amide bonds. The van der Waals surface area contributed by atoms with Crippen LogP contribution in [0.4, 0.5) is 0 Å². The van der Waals surface area contributed by atoms with E-state index in [4.69, 9.17) is 5.73 Å². The number of rotatable bonds is 4. The predicted molar refractivity (Wildman–Crippen MR) is 78.2 cm³/mol. The van der Waals surface area contributed by atoms with Crippen LogP contribution < -0.4 is 5.73 Å². The molecule has 0 saturated carbocycles. The predicted octanol–water partition coefficient (Wildman–Crippen LogP) is 2.30. The van der Waals surface area contributed by atoms with Gasteiger partial charge in [-0.15, -0.1) is 12.4 Å². The molecular formula is C13H21ClN2OS. The normalized spacial score (nSPS) is 22.9. The van der Waals surface area contributed by atoms with Crippen molar-refractivity contribution in [2.75, 3.05) is 19.6 Å². The van der Waals surface area contributed by atoms with E-state index in [2.05, 4.69) is 23.8 Å². The third kappa shape index (κ3) is 3.70. The van der Waals surface area contributed by atoms with Gasteiger partial charge in [0.15, 0.2) is 0 Å². The van der Waals surface area contributed by atoms with Gasteiger partial charge in [0.25, 0.3) is 0 Å². The smallest absolute Gasteiger partial charge is 0.222 e. The Morgan fingerprint density at radius 1 is 1.61 bits per heavy atom. The highest BCUT2D eigenvalue weighted by atomic mass is 35.5. The lowest BCUT2D eigenvalue weighted by molar-refractivity contribution is -0.130. The van der Waals surface area contributed by atoms with Gasteiger partial charge in [0, 0.05) is 19.5 Å². The van der Waals surface area contributed by atoms with Crippen LogP contribution in [0.3, 0.4) is 0 Å². The van der Waals surface area contributed by atoms with Gasteiger partial charge in [0.1, 0.15) is 0 Å². The fraction of sp³-hybridized carbons (Fsp3) is 0.615. The summed E-state index contributed by atoms with van der Waals surface area (Å²) in [5, 5.41) is 4.17. The molecule has 0 spiro atoms. The maximum atomic E-state index is 12.0. The molecule has 1 aromatic heterocycles. The summed E-state index contributed by atoms with van der Waals surface area (Å²) < 4.78 is 0. The summed E-state index contributed by atoms with van der Waals surface area (Å²) in [6.45, 7) is 4.53. The van der Waals surface area contributed by atoms with Gasteiger partial charge in [0.2, 0.25) is 5.91 Å². The van der Waals surface area contributed by atoms with Crippen molar-refractivity contribution in [1.29, 1.82) is 0 Å². The number of aryl methyl sites for hydroxylation is 1. The van der Waals surface area contributed by atoms with E-state index in [0.29, 0.717) is 13.0 Å². The number of nitrogens with zero attached hydrogens (tertiary/aromatic N) is 1. The molecule has 1 aliphatic heterocycles. The van der Waals surface area contributed by atoms with Gasteiger partial charge in [-0.2, -0.15) is 11.3 Å². The Hall–Kier alpha value is -0.580. The largest absolute Gasteiger partial charge is 0.342 e. The number of thiophene rings is 1. The van der Waals surface area contributed by atoms with Gasteiger partial charge in [-0.25, -0.2) is 0 Å². The van der Waals surface area contributed by atoms with Crippen molar-refractivity contribution in [3.63, 3.8) is 0 Å². The third-order valence-electron chi connectivity index (χ3n) is 3.61. The average Bonchev–Trinajstić information content (AvgIpc) is 2.96. The van der Waals surface area contributed by atoms with Crippen molar-refractivity contribution in [3.05, 3.63) is 22.4 Å². The Kier molecular flexibility index (Phi) is 5.63. The number of halogens is 1. The molecule has 1 aliphatic rings. The molecule has 1 unspecified atom stereocenters. The molecule has 102 valence electrons. The minimum Gasteiger partial charge on any atom is -0.342 e. The number of likely N-dealkylation sites (tertiary alicyclic amines) is 1. The van der Waals surface area contributed by atoms with Crippen LogP contribution in [0.25, 0.3) is 0 Å². The monoisotopic (exact) mass is 288 g/mol. The van der Waals surface area contributed by atoms with Crippen molar-refractivity contribution >= 4 is 29.7 Å². The number of carbonyl (C=O) groups excluding carboxylic acids is 1. The van der Waals surface area contributed by atoms with Crippen molar-refractivity contribution < 1.29 is 4.79 Å². The molecular weight excluding hydrogens is 268 g/mol. The summed E-state index contributed by atoms with van der Waals surface area (Å²) in [7, 11) is 0. The average molecular weight is 289 g/mol. The van der Waals surface area contributed by atoms with E-state index >= 15 is 0 Å². The fourth-order valence-corrected chi connectivity index (χ4v) is 2.95. The molecule has 1 fully saturated rings. The molecule has 18 heavy (non-hydrogen) atoms. The van der Waals surface area contributed by atoms with E-state index in [-0.39, 0.29) is 23.7 Å². The summed E-state index contributed by atoms with van der Waals surface area (Å²) in [5.41, 5.74) is 7.15. The molecule has 0 aliphatic carbocycles. The van der Waals surface area contributed by atoms with Crippen LogP contribution in [0.15, 0.2) is 16.8 Å². The summed E-state index contributed by atoms with van der Waals surface area (Å²) in [5.74, 6) is 0.272. The maximum absolute atomic E-state index is 12.0. The van der Waals surface area contributed by atoms with E-state index in [1.807, 2.05) is 4.90 Å². The summed E-state index contributed by atoms with van der Waals surface area (Å²) in [6.07, 6.45) is 2.52. The first-order valence-corrected chi connectivity index (χ1v) is 7.06. The Morgan fingerprint density at radius 2 is 2.39 bits per heavy atom. The van der Waals surface area contributed by atoms with E-state index in [0.717, 1.165) is 25.9 Å².